The number of para-hydroxylation sites is 1. The molecule has 1 heterocycles. The number of nitrogens with zero attached hydrogens (tertiary/aromatic N) is 2. The van der Waals surface area contributed by atoms with Crippen LogP contribution >= 0.6 is 27.7 Å². The first kappa shape index (κ1) is 19.4. The number of benzene rings is 3. The zero-order chi connectivity index (χ0) is 20.1. The molecule has 1 N–H and O–H groups in total. The van der Waals surface area contributed by atoms with Gasteiger partial charge in [-0.15, -0.1) is 10.2 Å². The average Bonchev–Trinajstić information content (AvgIpc) is 3.23. The van der Waals surface area contributed by atoms with Crippen molar-refractivity contribution in [2.75, 3.05) is 11.1 Å². The number of rotatable bonds is 6. The summed E-state index contributed by atoms with van der Waals surface area (Å²) in [6, 6.07) is 25.3. The van der Waals surface area contributed by atoms with Crippen molar-refractivity contribution in [2.24, 2.45) is 0 Å². The van der Waals surface area contributed by atoms with Crippen LogP contribution in [-0.2, 0) is 4.79 Å². The number of halogens is 1. The predicted octanol–water partition coefficient (Wildman–Crippen LogP) is 5.90. The predicted molar refractivity (Wildman–Crippen MR) is 119 cm³/mol. The van der Waals surface area contributed by atoms with Gasteiger partial charge in [-0.25, -0.2) is 0 Å². The number of anilines is 1. The number of hydrogen-bond acceptors (Lipinski definition) is 5. The number of thioether (sulfide) groups is 1. The van der Waals surface area contributed by atoms with E-state index in [4.69, 9.17) is 4.42 Å². The number of nitrogens with one attached hydrogen (secondary N) is 1. The lowest BCUT2D eigenvalue weighted by Gasteiger charge is -2.10. The highest BCUT2D eigenvalue weighted by atomic mass is 79.9. The minimum Gasteiger partial charge on any atom is -0.411 e. The van der Waals surface area contributed by atoms with E-state index in [-0.39, 0.29) is 11.7 Å². The summed E-state index contributed by atoms with van der Waals surface area (Å²) in [5, 5.41) is 11.4. The van der Waals surface area contributed by atoms with E-state index in [1.54, 1.807) is 0 Å². The second kappa shape index (κ2) is 9.07. The zero-order valence-corrected chi connectivity index (χ0v) is 17.6. The molecule has 5 nitrogen and oxygen atoms in total. The van der Waals surface area contributed by atoms with Gasteiger partial charge in [-0.2, -0.15) is 0 Å². The van der Waals surface area contributed by atoms with Crippen molar-refractivity contribution in [2.45, 2.75) is 5.22 Å². The molecule has 0 spiro atoms. The molecule has 3 aromatic carbocycles. The third kappa shape index (κ3) is 4.93. The van der Waals surface area contributed by atoms with Gasteiger partial charge >= 0.3 is 0 Å². The number of amides is 1. The molecule has 0 saturated heterocycles. The molecule has 0 aliphatic heterocycles. The molecule has 0 radical (unpaired) electrons. The van der Waals surface area contributed by atoms with E-state index in [0.717, 1.165) is 26.9 Å². The van der Waals surface area contributed by atoms with Crippen molar-refractivity contribution in [3.8, 4) is 22.6 Å². The van der Waals surface area contributed by atoms with Crippen molar-refractivity contribution in [3.63, 3.8) is 0 Å². The Morgan fingerprint density at radius 2 is 1.62 bits per heavy atom. The van der Waals surface area contributed by atoms with Crippen LogP contribution in [0.5, 0.6) is 0 Å². The molecule has 1 amide bonds. The van der Waals surface area contributed by atoms with Gasteiger partial charge in [0.05, 0.1) is 5.75 Å². The Bertz CT molecular complexity index is 1110. The van der Waals surface area contributed by atoms with Gasteiger partial charge in [-0.1, -0.05) is 76.2 Å². The van der Waals surface area contributed by atoms with Gasteiger partial charge < -0.3 is 9.73 Å². The third-order valence-electron chi connectivity index (χ3n) is 4.11. The molecule has 0 aliphatic rings. The first-order valence-electron chi connectivity index (χ1n) is 8.85. The molecule has 7 heteroatoms. The van der Waals surface area contributed by atoms with E-state index in [0.29, 0.717) is 11.1 Å². The number of carbonyl (C=O) groups is 1. The summed E-state index contributed by atoms with van der Waals surface area (Å²) >= 11 is 4.60. The lowest BCUT2D eigenvalue weighted by atomic mass is 10.0. The molecule has 0 saturated carbocycles. The first-order chi connectivity index (χ1) is 14.2. The van der Waals surface area contributed by atoms with E-state index in [2.05, 4.69) is 31.4 Å². The molecule has 0 bridgehead atoms. The Balaban J connectivity index is 1.40. The fraction of sp³-hybridized carbons (Fsp3) is 0.0455. The maximum Gasteiger partial charge on any atom is 0.277 e. The van der Waals surface area contributed by atoms with Crippen LogP contribution in [0.1, 0.15) is 0 Å². The van der Waals surface area contributed by atoms with Gasteiger partial charge in [0.25, 0.3) is 5.22 Å². The summed E-state index contributed by atoms with van der Waals surface area (Å²) in [6.07, 6.45) is 0. The number of aromatic nitrogens is 2. The smallest absolute Gasteiger partial charge is 0.277 e. The quantitative estimate of drug-likeness (QED) is 0.359. The normalized spacial score (nSPS) is 10.7. The summed E-state index contributed by atoms with van der Waals surface area (Å²) in [5.74, 6) is 0.460. The topological polar surface area (TPSA) is 68.0 Å². The van der Waals surface area contributed by atoms with Crippen LogP contribution < -0.4 is 5.32 Å². The van der Waals surface area contributed by atoms with E-state index in [9.17, 15) is 4.79 Å². The molecule has 29 heavy (non-hydrogen) atoms. The van der Waals surface area contributed by atoms with Gasteiger partial charge in [0.15, 0.2) is 0 Å². The fourth-order valence-corrected chi connectivity index (χ4v) is 3.58. The highest BCUT2D eigenvalue weighted by Gasteiger charge is 2.13. The molecule has 144 valence electrons. The Morgan fingerprint density at radius 3 is 2.41 bits per heavy atom. The molecule has 0 atom stereocenters. The van der Waals surface area contributed by atoms with Crippen molar-refractivity contribution >= 4 is 39.3 Å². The first-order valence-corrected chi connectivity index (χ1v) is 10.6. The third-order valence-corrected chi connectivity index (χ3v) is 5.46. The van der Waals surface area contributed by atoms with Crippen LogP contribution in [0, 0.1) is 0 Å². The molecular formula is C22H16BrN3O2S. The van der Waals surface area contributed by atoms with E-state index < -0.39 is 0 Å². The molecule has 4 aromatic rings. The summed E-state index contributed by atoms with van der Waals surface area (Å²) in [4.78, 5) is 12.5. The second-order valence-electron chi connectivity index (χ2n) is 6.13. The molecule has 0 aliphatic carbocycles. The Morgan fingerprint density at radius 1 is 0.897 bits per heavy atom. The molecule has 0 unspecified atom stereocenters. The Hall–Kier alpha value is -2.90. The fourth-order valence-electron chi connectivity index (χ4n) is 2.75. The zero-order valence-electron chi connectivity index (χ0n) is 15.2. The number of hydrogen-bond donors (Lipinski definition) is 1. The van der Waals surface area contributed by atoms with Gasteiger partial charge in [-0.3, -0.25) is 4.79 Å². The lowest BCUT2D eigenvalue weighted by molar-refractivity contribution is -0.113. The Kier molecular flexibility index (Phi) is 6.07. The van der Waals surface area contributed by atoms with Crippen LogP contribution in [-0.4, -0.2) is 21.9 Å². The highest BCUT2D eigenvalue weighted by Crippen LogP contribution is 2.28. The van der Waals surface area contributed by atoms with E-state index in [1.165, 1.54) is 11.8 Å². The van der Waals surface area contributed by atoms with Crippen molar-refractivity contribution < 1.29 is 9.21 Å². The van der Waals surface area contributed by atoms with Crippen LogP contribution in [0.3, 0.4) is 0 Å². The largest absolute Gasteiger partial charge is 0.411 e. The average molecular weight is 466 g/mol. The Labute approximate surface area is 180 Å². The van der Waals surface area contributed by atoms with Gasteiger partial charge in [0.1, 0.15) is 0 Å². The molecule has 0 fully saturated rings. The minimum atomic E-state index is -0.137. The monoisotopic (exact) mass is 465 g/mol. The second-order valence-corrected chi connectivity index (χ2v) is 7.97. The van der Waals surface area contributed by atoms with Gasteiger partial charge in [0.2, 0.25) is 11.8 Å². The minimum absolute atomic E-state index is 0.137. The summed E-state index contributed by atoms with van der Waals surface area (Å²) in [6.45, 7) is 0. The summed E-state index contributed by atoms with van der Waals surface area (Å²) in [7, 11) is 0. The highest BCUT2D eigenvalue weighted by molar-refractivity contribution is 9.10. The van der Waals surface area contributed by atoms with Crippen molar-refractivity contribution in [3.05, 3.63) is 83.3 Å². The SMILES string of the molecule is O=C(CSc1nnc(-c2ccc(Br)cc2)o1)Nc1ccccc1-c1ccccc1. The van der Waals surface area contributed by atoms with Gasteiger partial charge in [-0.05, 0) is 35.9 Å². The van der Waals surface area contributed by atoms with Crippen LogP contribution in [0.4, 0.5) is 5.69 Å². The molecule has 1 aromatic heterocycles. The number of carbonyl (C=O) groups excluding carboxylic acids is 1. The maximum atomic E-state index is 12.5. The summed E-state index contributed by atoms with van der Waals surface area (Å²) in [5.41, 5.74) is 3.62. The van der Waals surface area contributed by atoms with Crippen molar-refractivity contribution in [1.29, 1.82) is 0 Å². The summed E-state index contributed by atoms with van der Waals surface area (Å²) < 4.78 is 6.62. The lowest BCUT2D eigenvalue weighted by Crippen LogP contribution is -2.14. The van der Waals surface area contributed by atoms with E-state index in [1.807, 2.05) is 78.9 Å². The van der Waals surface area contributed by atoms with Crippen LogP contribution in [0.2, 0.25) is 0 Å². The molecular weight excluding hydrogens is 450 g/mol. The maximum absolute atomic E-state index is 12.5. The van der Waals surface area contributed by atoms with Crippen LogP contribution in [0.25, 0.3) is 22.6 Å². The molecule has 4 rings (SSSR count). The van der Waals surface area contributed by atoms with E-state index >= 15 is 0 Å². The van der Waals surface area contributed by atoms with Gasteiger partial charge in [0, 0.05) is 21.3 Å². The van der Waals surface area contributed by atoms with Crippen LogP contribution in [0.15, 0.2) is 93.0 Å². The van der Waals surface area contributed by atoms with Crippen molar-refractivity contribution in [1.82, 2.24) is 10.2 Å². The standard InChI is InChI=1S/C22H16BrN3O2S/c23-17-12-10-16(11-13-17)21-25-26-22(28-21)29-14-20(27)24-19-9-5-4-8-18(19)15-6-2-1-3-7-15/h1-13H,14H2,(H,24,27).